The minimum absolute atomic E-state index is 0.418. The van der Waals surface area contributed by atoms with Crippen molar-refractivity contribution in [1.29, 1.82) is 0 Å². The van der Waals surface area contributed by atoms with Crippen LogP contribution in [0.1, 0.15) is 12.5 Å². The minimum atomic E-state index is -0.840. The molecule has 0 fully saturated rings. The quantitative estimate of drug-likeness (QED) is 0.651. The number of para-hydroxylation sites is 1. The lowest BCUT2D eigenvalue weighted by Gasteiger charge is -2.26. The number of carbonyl (C=O) groups is 2. The third kappa shape index (κ3) is 2.09. The molecule has 0 bridgehead atoms. The summed E-state index contributed by atoms with van der Waals surface area (Å²) in [7, 11) is 0. The van der Waals surface area contributed by atoms with Crippen LogP contribution in [0, 0.1) is 0 Å². The number of anilines is 2. The minimum Gasteiger partial charge on any atom is -0.397 e. The molecule has 0 radical (unpaired) electrons. The van der Waals surface area contributed by atoms with Crippen LogP contribution in [-0.4, -0.2) is 24.5 Å². The third-order valence-corrected chi connectivity index (χ3v) is 3.15. The van der Waals surface area contributed by atoms with Crippen LogP contribution >= 0.6 is 0 Å². The molecule has 1 aliphatic heterocycles. The Morgan fingerprint density at radius 1 is 1.44 bits per heavy atom. The molecule has 6 nitrogen and oxygen atoms in total. The van der Waals surface area contributed by atoms with Gasteiger partial charge in [0.2, 0.25) is 5.91 Å². The smallest absolute Gasteiger partial charge is 0.318 e. The molecule has 0 saturated heterocycles. The highest BCUT2D eigenvalue weighted by atomic mass is 16.2. The number of benzene rings is 1. The van der Waals surface area contributed by atoms with Gasteiger partial charge in [0.1, 0.15) is 6.04 Å². The van der Waals surface area contributed by atoms with E-state index < -0.39 is 18.0 Å². The van der Waals surface area contributed by atoms with Crippen molar-refractivity contribution in [3.05, 3.63) is 23.8 Å². The molecule has 0 spiro atoms. The molecular weight excluding hydrogens is 232 g/mol. The van der Waals surface area contributed by atoms with E-state index in [4.69, 9.17) is 11.5 Å². The summed E-state index contributed by atoms with van der Waals surface area (Å²) in [5.41, 5.74) is 13.5. The molecule has 0 aromatic heterocycles. The molecule has 2 rings (SSSR count). The molecular formula is C12H16N4O2. The summed E-state index contributed by atoms with van der Waals surface area (Å²) >= 11 is 0. The van der Waals surface area contributed by atoms with Crippen LogP contribution in [-0.2, 0) is 11.2 Å². The number of hydrogen-bond acceptors (Lipinski definition) is 4. The van der Waals surface area contributed by atoms with E-state index in [0.717, 1.165) is 17.7 Å². The Labute approximate surface area is 105 Å². The van der Waals surface area contributed by atoms with Crippen LogP contribution in [0.25, 0.3) is 0 Å². The van der Waals surface area contributed by atoms with Crippen molar-refractivity contribution < 1.29 is 9.59 Å². The molecule has 18 heavy (non-hydrogen) atoms. The van der Waals surface area contributed by atoms with Gasteiger partial charge >= 0.3 is 6.03 Å². The van der Waals surface area contributed by atoms with Crippen LogP contribution in [0.15, 0.2) is 18.2 Å². The molecule has 1 heterocycles. The summed E-state index contributed by atoms with van der Waals surface area (Å²) in [5.74, 6) is -0.418. The van der Waals surface area contributed by atoms with Crippen molar-refractivity contribution in [2.24, 2.45) is 5.73 Å². The number of hydrogen-bond donors (Lipinski definition) is 3. The molecule has 1 aromatic rings. The SMILES string of the molecule is CC(C(=O)NC(N)=O)N1CCc2cccc(N)c21. The Hall–Kier alpha value is -2.24. The molecule has 96 valence electrons. The van der Waals surface area contributed by atoms with Gasteiger partial charge in [-0.2, -0.15) is 0 Å². The highest BCUT2D eigenvalue weighted by Crippen LogP contribution is 2.34. The van der Waals surface area contributed by atoms with E-state index in [2.05, 4.69) is 5.32 Å². The largest absolute Gasteiger partial charge is 0.397 e. The van der Waals surface area contributed by atoms with Gasteiger partial charge in [0.25, 0.3) is 0 Å². The summed E-state index contributed by atoms with van der Waals surface area (Å²) in [4.78, 5) is 24.3. The lowest BCUT2D eigenvalue weighted by atomic mass is 10.1. The van der Waals surface area contributed by atoms with Crippen molar-refractivity contribution in [2.75, 3.05) is 17.2 Å². The average molecular weight is 248 g/mol. The van der Waals surface area contributed by atoms with Crippen LogP contribution in [0.4, 0.5) is 16.2 Å². The molecule has 1 unspecified atom stereocenters. The molecule has 3 amide bonds. The number of nitrogens with zero attached hydrogens (tertiary/aromatic N) is 1. The second kappa shape index (κ2) is 4.56. The number of rotatable bonds is 2. The van der Waals surface area contributed by atoms with Gasteiger partial charge in [-0.05, 0) is 25.0 Å². The average Bonchev–Trinajstić information content (AvgIpc) is 2.72. The van der Waals surface area contributed by atoms with Crippen molar-refractivity contribution in [3.8, 4) is 0 Å². The Kier molecular flexibility index (Phi) is 3.10. The normalized spacial score (nSPS) is 15.1. The van der Waals surface area contributed by atoms with Crippen molar-refractivity contribution in [2.45, 2.75) is 19.4 Å². The fraction of sp³-hybridized carbons (Fsp3) is 0.333. The fourth-order valence-corrected chi connectivity index (χ4v) is 2.27. The maximum atomic E-state index is 11.8. The van der Waals surface area contributed by atoms with Crippen molar-refractivity contribution >= 4 is 23.3 Å². The molecule has 0 saturated carbocycles. The van der Waals surface area contributed by atoms with E-state index in [1.54, 1.807) is 13.0 Å². The fourth-order valence-electron chi connectivity index (χ4n) is 2.27. The maximum absolute atomic E-state index is 11.8. The number of nitrogens with one attached hydrogen (secondary N) is 1. The van der Waals surface area contributed by atoms with Gasteiger partial charge in [-0.25, -0.2) is 4.79 Å². The molecule has 5 N–H and O–H groups in total. The third-order valence-electron chi connectivity index (χ3n) is 3.15. The second-order valence-electron chi connectivity index (χ2n) is 4.33. The highest BCUT2D eigenvalue weighted by Gasteiger charge is 2.29. The van der Waals surface area contributed by atoms with Crippen molar-refractivity contribution in [3.63, 3.8) is 0 Å². The molecule has 0 aliphatic carbocycles. The Morgan fingerprint density at radius 3 is 2.83 bits per heavy atom. The standard InChI is InChI=1S/C12H16N4O2/c1-7(11(17)15-12(14)18)16-6-5-8-3-2-4-9(13)10(8)16/h2-4,7H,5-6,13H2,1H3,(H3,14,15,17,18). The highest BCUT2D eigenvalue weighted by molar-refractivity contribution is 5.98. The Morgan fingerprint density at radius 2 is 2.17 bits per heavy atom. The van der Waals surface area contributed by atoms with Crippen LogP contribution < -0.4 is 21.7 Å². The van der Waals surface area contributed by atoms with E-state index in [9.17, 15) is 9.59 Å². The summed E-state index contributed by atoms with van der Waals surface area (Å²) in [5, 5.41) is 2.09. The van der Waals surface area contributed by atoms with Gasteiger partial charge in [0.05, 0.1) is 11.4 Å². The number of fused-ring (bicyclic) bond motifs is 1. The van der Waals surface area contributed by atoms with Gasteiger partial charge in [0, 0.05) is 6.54 Å². The lowest BCUT2D eigenvalue weighted by Crippen LogP contribution is -2.48. The lowest BCUT2D eigenvalue weighted by molar-refractivity contribution is -0.120. The number of urea groups is 1. The monoisotopic (exact) mass is 248 g/mol. The van der Waals surface area contributed by atoms with E-state index >= 15 is 0 Å². The Bertz CT molecular complexity index is 501. The van der Waals surface area contributed by atoms with E-state index in [1.165, 1.54) is 0 Å². The Balaban J connectivity index is 2.23. The second-order valence-corrected chi connectivity index (χ2v) is 4.33. The van der Waals surface area contributed by atoms with E-state index in [1.807, 2.05) is 17.0 Å². The zero-order chi connectivity index (χ0) is 13.3. The first-order valence-corrected chi connectivity index (χ1v) is 5.75. The predicted molar refractivity (Wildman–Crippen MR) is 69.1 cm³/mol. The predicted octanol–water partition coefficient (Wildman–Crippen LogP) is 0.215. The molecule has 1 atom stereocenters. The van der Waals surface area contributed by atoms with Gasteiger partial charge in [-0.1, -0.05) is 12.1 Å². The first-order valence-electron chi connectivity index (χ1n) is 5.75. The summed E-state index contributed by atoms with van der Waals surface area (Å²) in [6, 6.07) is 4.36. The summed E-state index contributed by atoms with van der Waals surface area (Å²) < 4.78 is 0. The summed E-state index contributed by atoms with van der Waals surface area (Å²) in [6.07, 6.45) is 0.842. The van der Waals surface area contributed by atoms with Gasteiger partial charge in [-0.15, -0.1) is 0 Å². The van der Waals surface area contributed by atoms with Gasteiger partial charge in [-0.3, -0.25) is 10.1 Å². The van der Waals surface area contributed by atoms with Gasteiger partial charge < -0.3 is 16.4 Å². The zero-order valence-electron chi connectivity index (χ0n) is 10.1. The van der Waals surface area contributed by atoms with E-state index in [0.29, 0.717) is 12.2 Å². The molecule has 1 aromatic carbocycles. The summed E-state index contributed by atoms with van der Waals surface area (Å²) in [6.45, 7) is 2.43. The van der Waals surface area contributed by atoms with Crippen molar-refractivity contribution in [1.82, 2.24) is 5.32 Å². The van der Waals surface area contributed by atoms with Gasteiger partial charge in [0.15, 0.2) is 0 Å². The topological polar surface area (TPSA) is 101 Å². The van der Waals surface area contributed by atoms with Crippen LogP contribution in [0.3, 0.4) is 0 Å². The first kappa shape index (κ1) is 12.2. The zero-order valence-corrected chi connectivity index (χ0v) is 10.1. The number of imide groups is 1. The van der Waals surface area contributed by atoms with Crippen LogP contribution in [0.5, 0.6) is 0 Å². The first-order chi connectivity index (χ1) is 8.50. The maximum Gasteiger partial charge on any atom is 0.318 e. The molecule has 1 aliphatic rings. The number of nitrogen functional groups attached to an aromatic ring is 1. The van der Waals surface area contributed by atoms with Crippen LogP contribution in [0.2, 0.25) is 0 Å². The number of carbonyl (C=O) groups excluding carboxylic acids is 2. The van der Waals surface area contributed by atoms with E-state index in [-0.39, 0.29) is 0 Å². The molecule has 6 heteroatoms. The number of nitrogens with two attached hydrogens (primary N) is 2. The number of amides is 3. The number of primary amides is 1.